The minimum Gasteiger partial charge on any atom is -0.314 e. The zero-order valence-corrected chi connectivity index (χ0v) is 15.2. The second-order valence-electron chi connectivity index (χ2n) is 7.95. The van der Waals surface area contributed by atoms with E-state index >= 15 is 0 Å². The quantitative estimate of drug-likeness (QED) is 0.865. The fourth-order valence-corrected chi connectivity index (χ4v) is 5.10. The molecule has 1 saturated carbocycles. The lowest BCUT2D eigenvalue weighted by Gasteiger charge is -2.44. The lowest BCUT2D eigenvalue weighted by Crippen LogP contribution is -2.49. The third-order valence-corrected chi connectivity index (χ3v) is 6.71. The van der Waals surface area contributed by atoms with Crippen LogP contribution in [0.1, 0.15) is 47.0 Å². The number of rotatable bonds is 4. The third-order valence-electron chi connectivity index (χ3n) is 5.44. The number of hydrogen-bond donors (Lipinski definition) is 1. The molecule has 1 aliphatic carbocycles. The fourth-order valence-electron chi connectivity index (χ4n) is 3.97. The first-order valence-corrected chi connectivity index (χ1v) is 10.2. The number of nitrogens with zero attached hydrogens (tertiary/aromatic N) is 1. The zero-order valence-electron chi connectivity index (χ0n) is 14.4. The van der Waals surface area contributed by atoms with E-state index in [9.17, 15) is 4.21 Å². The van der Waals surface area contributed by atoms with Gasteiger partial charge in [-0.25, -0.2) is 0 Å². The van der Waals surface area contributed by atoms with Crippen molar-refractivity contribution in [3.8, 4) is 0 Å². The lowest BCUT2D eigenvalue weighted by atomic mass is 9.67. The van der Waals surface area contributed by atoms with Crippen molar-refractivity contribution >= 4 is 10.8 Å². The van der Waals surface area contributed by atoms with Gasteiger partial charge in [-0.1, -0.05) is 27.7 Å². The molecular formula is C17H34N2OS. The van der Waals surface area contributed by atoms with E-state index < -0.39 is 10.8 Å². The van der Waals surface area contributed by atoms with Crippen molar-refractivity contribution in [1.29, 1.82) is 0 Å². The van der Waals surface area contributed by atoms with Crippen molar-refractivity contribution in [2.24, 2.45) is 17.3 Å². The van der Waals surface area contributed by atoms with E-state index in [1.54, 1.807) is 0 Å². The van der Waals surface area contributed by atoms with Crippen LogP contribution in [0, 0.1) is 17.3 Å². The molecule has 3 unspecified atom stereocenters. The normalized spacial score (nSPS) is 33.2. The highest BCUT2D eigenvalue weighted by Gasteiger charge is 2.36. The predicted molar refractivity (Wildman–Crippen MR) is 92.1 cm³/mol. The summed E-state index contributed by atoms with van der Waals surface area (Å²) in [6, 6.07) is 0.682. The van der Waals surface area contributed by atoms with Gasteiger partial charge in [0.25, 0.3) is 0 Å². The molecule has 0 amide bonds. The summed E-state index contributed by atoms with van der Waals surface area (Å²) in [5.74, 6) is 3.36. The van der Waals surface area contributed by atoms with Gasteiger partial charge in [0.15, 0.2) is 0 Å². The molecule has 0 spiro atoms. The highest BCUT2D eigenvalue weighted by Crippen LogP contribution is 2.40. The van der Waals surface area contributed by atoms with Crippen LogP contribution in [0.2, 0.25) is 0 Å². The van der Waals surface area contributed by atoms with Crippen LogP contribution in [0.25, 0.3) is 0 Å². The molecule has 4 heteroatoms. The monoisotopic (exact) mass is 314 g/mol. The second kappa shape index (κ2) is 7.56. The standard InChI is InChI=1S/C17H34N2OS/c1-5-18-16-7-6-15(17(2,3)4)12-14(16)13-19-8-10-21(20)11-9-19/h14-16,18H,5-13H2,1-4H3. The molecule has 0 aromatic rings. The van der Waals surface area contributed by atoms with Crippen LogP contribution in [0.4, 0.5) is 0 Å². The van der Waals surface area contributed by atoms with E-state index in [0.717, 1.165) is 43.0 Å². The average Bonchev–Trinajstić information content (AvgIpc) is 2.42. The maximum absolute atomic E-state index is 11.5. The number of hydrogen-bond acceptors (Lipinski definition) is 3. The van der Waals surface area contributed by atoms with Crippen LogP contribution in [0.15, 0.2) is 0 Å². The fraction of sp³-hybridized carbons (Fsp3) is 1.00. The molecule has 21 heavy (non-hydrogen) atoms. The van der Waals surface area contributed by atoms with Crippen LogP contribution in [-0.4, -0.2) is 52.8 Å². The summed E-state index contributed by atoms with van der Waals surface area (Å²) >= 11 is 0. The molecule has 2 fully saturated rings. The van der Waals surface area contributed by atoms with Gasteiger partial charge in [-0.05, 0) is 43.1 Å². The Morgan fingerprint density at radius 1 is 1.19 bits per heavy atom. The van der Waals surface area contributed by atoms with Gasteiger partial charge in [0.2, 0.25) is 0 Å². The van der Waals surface area contributed by atoms with Gasteiger partial charge < -0.3 is 10.2 Å². The van der Waals surface area contributed by atoms with Gasteiger partial charge in [-0.15, -0.1) is 0 Å². The molecule has 0 bridgehead atoms. The molecule has 2 rings (SSSR count). The van der Waals surface area contributed by atoms with Crippen molar-refractivity contribution in [2.45, 2.75) is 53.0 Å². The second-order valence-corrected chi connectivity index (χ2v) is 9.65. The van der Waals surface area contributed by atoms with Gasteiger partial charge in [0.05, 0.1) is 0 Å². The Hall–Kier alpha value is 0.0700. The molecule has 1 heterocycles. The SMILES string of the molecule is CCNC1CCC(C(C)(C)C)CC1CN1CCS(=O)CC1. The largest absolute Gasteiger partial charge is 0.314 e. The zero-order chi connectivity index (χ0) is 15.5. The van der Waals surface area contributed by atoms with Gasteiger partial charge in [-0.3, -0.25) is 4.21 Å². The Labute approximate surface area is 133 Å². The Balaban J connectivity index is 1.95. The summed E-state index contributed by atoms with van der Waals surface area (Å²) in [6.45, 7) is 13.7. The van der Waals surface area contributed by atoms with Crippen molar-refractivity contribution in [3.05, 3.63) is 0 Å². The summed E-state index contributed by atoms with van der Waals surface area (Å²) < 4.78 is 11.5. The van der Waals surface area contributed by atoms with E-state index in [0.29, 0.717) is 11.5 Å². The third kappa shape index (κ3) is 5.04. The highest BCUT2D eigenvalue weighted by molar-refractivity contribution is 7.85. The van der Waals surface area contributed by atoms with Crippen LogP contribution >= 0.6 is 0 Å². The maximum Gasteiger partial charge on any atom is 0.0363 e. The molecule has 3 nitrogen and oxygen atoms in total. The minimum atomic E-state index is -0.558. The van der Waals surface area contributed by atoms with Gasteiger partial charge in [0, 0.05) is 48.0 Å². The predicted octanol–water partition coefficient (Wildman–Crippen LogP) is 2.49. The highest BCUT2D eigenvalue weighted by atomic mass is 32.2. The summed E-state index contributed by atoms with van der Waals surface area (Å²) in [6.07, 6.45) is 4.03. The topological polar surface area (TPSA) is 32.3 Å². The Bertz CT molecular complexity index is 343. The van der Waals surface area contributed by atoms with Crippen molar-refractivity contribution < 1.29 is 4.21 Å². The molecule has 124 valence electrons. The molecule has 0 aromatic heterocycles. The Morgan fingerprint density at radius 3 is 2.43 bits per heavy atom. The first-order valence-electron chi connectivity index (χ1n) is 8.71. The number of nitrogens with one attached hydrogen (secondary N) is 1. The first-order chi connectivity index (χ1) is 9.90. The molecular weight excluding hydrogens is 280 g/mol. The van der Waals surface area contributed by atoms with E-state index in [4.69, 9.17) is 0 Å². The van der Waals surface area contributed by atoms with Crippen molar-refractivity contribution in [1.82, 2.24) is 10.2 Å². The summed E-state index contributed by atoms with van der Waals surface area (Å²) in [4.78, 5) is 2.56. The minimum absolute atomic E-state index is 0.429. The van der Waals surface area contributed by atoms with Crippen molar-refractivity contribution in [2.75, 3.05) is 37.7 Å². The van der Waals surface area contributed by atoms with Crippen LogP contribution in [0.5, 0.6) is 0 Å². The smallest absolute Gasteiger partial charge is 0.0363 e. The van der Waals surface area contributed by atoms with E-state index in [-0.39, 0.29) is 0 Å². The van der Waals surface area contributed by atoms with Gasteiger partial charge >= 0.3 is 0 Å². The van der Waals surface area contributed by atoms with E-state index in [1.807, 2.05) is 0 Å². The molecule has 3 atom stereocenters. The molecule has 0 radical (unpaired) electrons. The molecule has 2 aliphatic rings. The lowest BCUT2D eigenvalue weighted by molar-refractivity contribution is 0.0901. The van der Waals surface area contributed by atoms with Gasteiger partial charge in [0.1, 0.15) is 0 Å². The van der Waals surface area contributed by atoms with Gasteiger partial charge in [-0.2, -0.15) is 0 Å². The Morgan fingerprint density at radius 2 is 1.86 bits per heavy atom. The first kappa shape index (κ1) is 17.4. The summed E-state index contributed by atoms with van der Waals surface area (Å²) in [5, 5.41) is 3.72. The summed E-state index contributed by atoms with van der Waals surface area (Å²) in [5.41, 5.74) is 0.429. The molecule has 1 saturated heterocycles. The Kier molecular flexibility index (Phi) is 6.27. The maximum atomic E-state index is 11.5. The molecule has 1 N–H and O–H groups in total. The van der Waals surface area contributed by atoms with Crippen LogP contribution in [0.3, 0.4) is 0 Å². The molecule has 0 aromatic carbocycles. The van der Waals surface area contributed by atoms with Crippen LogP contribution < -0.4 is 5.32 Å². The van der Waals surface area contributed by atoms with E-state index in [2.05, 4.69) is 37.9 Å². The molecule has 1 aliphatic heterocycles. The van der Waals surface area contributed by atoms with Crippen molar-refractivity contribution in [3.63, 3.8) is 0 Å². The van der Waals surface area contributed by atoms with E-state index in [1.165, 1.54) is 25.8 Å². The van der Waals surface area contributed by atoms with Crippen LogP contribution in [-0.2, 0) is 10.8 Å². The average molecular weight is 315 g/mol. The summed E-state index contributed by atoms with van der Waals surface area (Å²) in [7, 11) is -0.558.